The fraction of sp³-hybridized carbons (Fsp3) is 0.571. The molecule has 0 atom stereocenters. The van der Waals surface area contributed by atoms with Gasteiger partial charge in [0.2, 0.25) is 0 Å². The fourth-order valence-electron chi connectivity index (χ4n) is 3.13. The Bertz CT molecular complexity index is 411. The lowest BCUT2D eigenvalue weighted by atomic mass is 9.68. The zero-order chi connectivity index (χ0) is 12.5. The van der Waals surface area contributed by atoms with Crippen LogP contribution in [0.4, 0.5) is 0 Å². The molecule has 0 radical (unpaired) electrons. The normalized spacial score (nSPS) is 19.2. The zero-order valence-corrected chi connectivity index (χ0v) is 11.9. The molecule has 1 aromatic rings. The minimum atomic E-state index is -0.0177. The van der Waals surface area contributed by atoms with Gasteiger partial charge in [-0.1, -0.05) is 35.2 Å². The Hall–Kier alpha value is -0.540. The van der Waals surface area contributed by atoms with Crippen LogP contribution in [-0.2, 0) is 5.41 Å². The number of phenols is 1. The van der Waals surface area contributed by atoms with Crippen LogP contribution in [0.3, 0.4) is 0 Å². The van der Waals surface area contributed by atoms with Crippen LogP contribution in [0.2, 0.25) is 0 Å². The van der Waals surface area contributed by atoms with Gasteiger partial charge in [-0.05, 0) is 37.5 Å². The van der Waals surface area contributed by atoms with Crippen molar-refractivity contribution in [1.29, 1.82) is 0 Å². The first kappa shape index (κ1) is 12.9. The SMILES string of the molecule is Cc1c(Br)ccc(O)c1C1(CN)CCCCC1. The zero-order valence-electron chi connectivity index (χ0n) is 10.3. The van der Waals surface area contributed by atoms with E-state index in [2.05, 4.69) is 22.9 Å². The molecule has 0 spiro atoms. The number of hydrogen-bond acceptors (Lipinski definition) is 2. The van der Waals surface area contributed by atoms with Crippen molar-refractivity contribution < 1.29 is 5.11 Å². The van der Waals surface area contributed by atoms with Crippen molar-refractivity contribution in [1.82, 2.24) is 0 Å². The summed E-state index contributed by atoms with van der Waals surface area (Å²) in [6, 6.07) is 3.68. The highest BCUT2D eigenvalue weighted by molar-refractivity contribution is 9.10. The maximum Gasteiger partial charge on any atom is 0.119 e. The molecule has 1 saturated carbocycles. The van der Waals surface area contributed by atoms with E-state index in [9.17, 15) is 5.11 Å². The van der Waals surface area contributed by atoms with Gasteiger partial charge in [0.15, 0.2) is 0 Å². The third-order valence-electron chi connectivity index (χ3n) is 4.11. The second-order valence-electron chi connectivity index (χ2n) is 5.11. The molecule has 2 rings (SSSR count). The molecule has 3 N–H and O–H groups in total. The lowest BCUT2D eigenvalue weighted by molar-refractivity contribution is 0.289. The molecule has 0 saturated heterocycles. The Morgan fingerprint density at radius 2 is 1.94 bits per heavy atom. The quantitative estimate of drug-likeness (QED) is 0.876. The smallest absolute Gasteiger partial charge is 0.119 e. The Kier molecular flexibility index (Phi) is 3.79. The van der Waals surface area contributed by atoms with Gasteiger partial charge >= 0.3 is 0 Å². The summed E-state index contributed by atoms with van der Waals surface area (Å²) in [6.07, 6.45) is 5.89. The van der Waals surface area contributed by atoms with Gasteiger partial charge in [0.1, 0.15) is 5.75 Å². The summed E-state index contributed by atoms with van der Waals surface area (Å²) in [5, 5.41) is 10.2. The second-order valence-corrected chi connectivity index (χ2v) is 5.97. The van der Waals surface area contributed by atoms with Gasteiger partial charge in [-0.25, -0.2) is 0 Å². The van der Waals surface area contributed by atoms with Crippen LogP contribution in [-0.4, -0.2) is 11.7 Å². The van der Waals surface area contributed by atoms with E-state index in [4.69, 9.17) is 5.73 Å². The minimum absolute atomic E-state index is 0.0177. The number of aromatic hydroxyl groups is 1. The van der Waals surface area contributed by atoms with Crippen LogP contribution >= 0.6 is 15.9 Å². The van der Waals surface area contributed by atoms with Gasteiger partial charge in [0.05, 0.1) is 0 Å². The van der Waals surface area contributed by atoms with E-state index in [1.807, 2.05) is 6.07 Å². The molecule has 0 amide bonds. The highest BCUT2D eigenvalue weighted by atomic mass is 79.9. The molecule has 17 heavy (non-hydrogen) atoms. The van der Waals surface area contributed by atoms with E-state index in [-0.39, 0.29) is 5.41 Å². The van der Waals surface area contributed by atoms with Crippen LogP contribution in [0.15, 0.2) is 16.6 Å². The maximum atomic E-state index is 10.2. The molecule has 1 fully saturated rings. The average Bonchev–Trinajstić information content (AvgIpc) is 2.35. The highest BCUT2D eigenvalue weighted by Crippen LogP contribution is 2.45. The lowest BCUT2D eigenvalue weighted by Crippen LogP contribution is -2.37. The molecule has 0 aromatic heterocycles. The van der Waals surface area contributed by atoms with Gasteiger partial charge < -0.3 is 10.8 Å². The summed E-state index contributed by atoms with van der Waals surface area (Å²) >= 11 is 3.55. The van der Waals surface area contributed by atoms with Crippen LogP contribution in [0.5, 0.6) is 5.75 Å². The Balaban J connectivity index is 2.53. The summed E-state index contributed by atoms with van der Waals surface area (Å²) in [7, 11) is 0. The Morgan fingerprint density at radius 3 is 2.53 bits per heavy atom. The van der Waals surface area contributed by atoms with Crippen LogP contribution in [0.1, 0.15) is 43.2 Å². The van der Waals surface area contributed by atoms with E-state index in [0.717, 1.165) is 28.4 Å². The van der Waals surface area contributed by atoms with Gasteiger partial charge in [0.25, 0.3) is 0 Å². The van der Waals surface area contributed by atoms with E-state index in [1.165, 1.54) is 19.3 Å². The number of phenolic OH excluding ortho intramolecular Hbond substituents is 1. The monoisotopic (exact) mass is 297 g/mol. The van der Waals surface area contributed by atoms with Gasteiger partial charge in [0, 0.05) is 22.0 Å². The molecule has 3 heteroatoms. The summed E-state index contributed by atoms with van der Waals surface area (Å²) in [6.45, 7) is 2.68. The number of halogens is 1. The van der Waals surface area contributed by atoms with Crippen molar-refractivity contribution >= 4 is 15.9 Å². The molecule has 0 aliphatic heterocycles. The summed E-state index contributed by atoms with van der Waals surface area (Å²) in [5.41, 5.74) is 8.21. The largest absolute Gasteiger partial charge is 0.508 e. The van der Waals surface area contributed by atoms with Crippen LogP contribution < -0.4 is 5.73 Å². The van der Waals surface area contributed by atoms with E-state index < -0.39 is 0 Å². The van der Waals surface area contributed by atoms with Crippen molar-refractivity contribution in [3.05, 3.63) is 27.7 Å². The molecule has 1 aromatic carbocycles. The Labute approximate surface area is 111 Å². The van der Waals surface area contributed by atoms with Crippen LogP contribution in [0.25, 0.3) is 0 Å². The fourth-order valence-corrected chi connectivity index (χ4v) is 3.46. The summed E-state index contributed by atoms with van der Waals surface area (Å²) in [4.78, 5) is 0. The van der Waals surface area contributed by atoms with Gasteiger partial charge in [-0.3, -0.25) is 0 Å². The third kappa shape index (κ3) is 2.23. The molecule has 0 bridgehead atoms. The van der Waals surface area contributed by atoms with Crippen molar-refractivity contribution in [2.24, 2.45) is 5.73 Å². The number of nitrogens with two attached hydrogens (primary N) is 1. The van der Waals surface area contributed by atoms with Crippen molar-refractivity contribution in [2.75, 3.05) is 6.54 Å². The first-order valence-corrected chi connectivity index (χ1v) is 7.09. The van der Waals surface area contributed by atoms with Gasteiger partial charge in [-0.2, -0.15) is 0 Å². The molecule has 94 valence electrons. The molecule has 1 aliphatic carbocycles. The Morgan fingerprint density at radius 1 is 1.29 bits per heavy atom. The summed E-state index contributed by atoms with van der Waals surface area (Å²) < 4.78 is 1.06. The topological polar surface area (TPSA) is 46.2 Å². The molecule has 1 aliphatic rings. The maximum absolute atomic E-state index is 10.2. The molecular weight excluding hydrogens is 278 g/mol. The molecule has 2 nitrogen and oxygen atoms in total. The third-order valence-corrected chi connectivity index (χ3v) is 4.97. The van der Waals surface area contributed by atoms with Crippen molar-refractivity contribution in [2.45, 2.75) is 44.4 Å². The summed E-state index contributed by atoms with van der Waals surface area (Å²) in [5.74, 6) is 0.401. The van der Waals surface area contributed by atoms with E-state index in [1.54, 1.807) is 6.07 Å². The molecular formula is C14H20BrNO. The number of rotatable bonds is 2. The average molecular weight is 298 g/mol. The van der Waals surface area contributed by atoms with Crippen LogP contribution in [0, 0.1) is 6.92 Å². The first-order valence-electron chi connectivity index (χ1n) is 6.29. The van der Waals surface area contributed by atoms with Crippen molar-refractivity contribution in [3.63, 3.8) is 0 Å². The number of hydrogen-bond donors (Lipinski definition) is 2. The predicted molar refractivity (Wildman–Crippen MR) is 74.4 cm³/mol. The predicted octanol–water partition coefficient (Wildman–Crippen LogP) is 3.62. The molecule has 0 heterocycles. The van der Waals surface area contributed by atoms with E-state index >= 15 is 0 Å². The number of benzene rings is 1. The lowest BCUT2D eigenvalue weighted by Gasteiger charge is -2.38. The molecule has 0 unspecified atom stereocenters. The second kappa shape index (κ2) is 4.99. The highest BCUT2D eigenvalue weighted by Gasteiger charge is 2.36. The van der Waals surface area contributed by atoms with E-state index in [0.29, 0.717) is 12.3 Å². The van der Waals surface area contributed by atoms with Gasteiger partial charge in [-0.15, -0.1) is 0 Å². The standard InChI is InChI=1S/C14H20BrNO/c1-10-11(15)5-6-12(17)13(10)14(9-16)7-3-2-4-8-14/h5-6,17H,2-4,7-9,16H2,1H3. The first-order chi connectivity index (χ1) is 8.10. The van der Waals surface area contributed by atoms with Crippen molar-refractivity contribution in [3.8, 4) is 5.75 Å². The minimum Gasteiger partial charge on any atom is -0.508 e.